The molecule has 0 aliphatic rings. The van der Waals surface area contributed by atoms with E-state index in [1.807, 2.05) is 43.3 Å². The summed E-state index contributed by atoms with van der Waals surface area (Å²) in [7, 11) is 0. The Morgan fingerprint density at radius 1 is 0.690 bits per heavy atom. The Hall–Kier alpha value is -3.44. The molecule has 3 aromatic rings. The largest absolute Gasteiger partial charge is 0.326 e. The lowest BCUT2D eigenvalue weighted by Crippen LogP contribution is -2.40. The summed E-state index contributed by atoms with van der Waals surface area (Å²) >= 11 is 0. The van der Waals surface area contributed by atoms with Crippen molar-refractivity contribution in [3.05, 3.63) is 96.1 Å². The van der Waals surface area contributed by atoms with Gasteiger partial charge >= 0.3 is 0 Å². The number of amides is 2. The van der Waals surface area contributed by atoms with Gasteiger partial charge < -0.3 is 10.6 Å². The summed E-state index contributed by atoms with van der Waals surface area (Å²) in [5.41, 5.74) is 3.56. The number of benzene rings is 3. The van der Waals surface area contributed by atoms with Crippen LogP contribution < -0.4 is 16.0 Å². The van der Waals surface area contributed by atoms with Crippen LogP contribution in [0.15, 0.2) is 84.9 Å². The molecule has 1 atom stereocenters. The van der Waals surface area contributed by atoms with E-state index in [2.05, 4.69) is 40.2 Å². The number of hydrogen-bond donors (Lipinski definition) is 3. The quantitative estimate of drug-likeness (QED) is 0.564. The van der Waals surface area contributed by atoms with Crippen molar-refractivity contribution in [2.75, 3.05) is 10.6 Å². The van der Waals surface area contributed by atoms with Crippen LogP contribution in [0.3, 0.4) is 0 Å². The third-order valence-corrected chi connectivity index (χ3v) is 4.55. The molecule has 5 heteroatoms. The number of anilines is 2. The van der Waals surface area contributed by atoms with Gasteiger partial charge in [-0.3, -0.25) is 14.9 Å². The summed E-state index contributed by atoms with van der Waals surface area (Å²) in [4.78, 5) is 23.8. The standard InChI is InChI=1S/C24H25N3O2/c1-17(24(29)27-22-15-13-21(14-16-22)26-18(2)28)25-23(19-9-5-3-6-10-19)20-11-7-4-8-12-20/h3-17,23,25H,1-2H3,(H,26,28)(H,27,29)/t17-/m1/s1. The van der Waals surface area contributed by atoms with Crippen LogP contribution in [0.4, 0.5) is 11.4 Å². The van der Waals surface area contributed by atoms with Crippen LogP contribution in [0, 0.1) is 0 Å². The van der Waals surface area contributed by atoms with Crippen LogP contribution in [-0.2, 0) is 9.59 Å². The Labute approximate surface area is 171 Å². The Morgan fingerprint density at radius 3 is 1.59 bits per heavy atom. The van der Waals surface area contributed by atoms with Crippen LogP contribution in [0.5, 0.6) is 0 Å². The van der Waals surface area contributed by atoms with Gasteiger partial charge in [0.25, 0.3) is 0 Å². The molecule has 2 amide bonds. The molecule has 3 rings (SSSR count). The van der Waals surface area contributed by atoms with Crippen molar-refractivity contribution in [2.24, 2.45) is 0 Å². The molecule has 0 radical (unpaired) electrons. The van der Waals surface area contributed by atoms with E-state index in [9.17, 15) is 9.59 Å². The monoisotopic (exact) mass is 387 g/mol. The summed E-state index contributed by atoms with van der Waals surface area (Å²) in [5, 5.41) is 9.06. The van der Waals surface area contributed by atoms with Gasteiger partial charge in [-0.15, -0.1) is 0 Å². The molecule has 0 unspecified atom stereocenters. The fraction of sp³-hybridized carbons (Fsp3) is 0.167. The first kappa shape index (κ1) is 20.3. The first-order chi connectivity index (χ1) is 14.0. The highest BCUT2D eigenvalue weighted by molar-refractivity contribution is 5.95. The molecule has 148 valence electrons. The Morgan fingerprint density at radius 2 is 1.14 bits per heavy atom. The molecular weight excluding hydrogens is 362 g/mol. The Bertz CT molecular complexity index is 901. The van der Waals surface area contributed by atoms with Crippen LogP contribution >= 0.6 is 0 Å². The zero-order valence-electron chi connectivity index (χ0n) is 16.6. The molecule has 0 aliphatic heterocycles. The molecule has 29 heavy (non-hydrogen) atoms. The molecule has 0 aliphatic carbocycles. The summed E-state index contributed by atoms with van der Waals surface area (Å²) in [6.07, 6.45) is 0. The summed E-state index contributed by atoms with van der Waals surface area (Å²) < 4.78 is 0. The van der Waals surface area contributed by atoms with E-state index in [1.165, 1.54) is 6.92 Å². The van der Waals surface area contributed by atoms with Gasteiger partial charge in [0.2, 0.25) is 11.8 Å². The van der Waals surface area contributed by atoms with E-state index >= 15 is 0 Å². The summed E-state index contributed by atoms with van der Waals surface area (Å²) in [5.74, 6) is -0.262. The lowest BCUT2D eigenvalue weighted by Gasteiger charge is -2.24. The van der Waals surface area contributed by atoms with Crippen LogP contribution in [-0.4, -0.2) is 17.9 Å². The lowest BCUT2D eigenvalue weighted by molar-refractivity contribution is -0.118. The molecule has 3 aromatic carbocycles. The van der Waals surface area contributed by atoms with Crippen LogP contribution in [0.2, 0.25) is 0 Å². The second-order valence-electron chi connectivity index (χ2n) is 6.89. The van der Waals surface area contributed by atoms with E-state index in [1.54, 1.807) is 24.3 Å². The number of hydrogen-bond acceptors (Lipinski definition) is 3. The zero-order chi connectivity index (χ0) is 20.6. The van der Waals surface area contributed by atoms with E-state index in [4.69, 9.17) is 0 Å². The normalized spacial score (nSPS) is 11.7. The maximum atomic E-state index is 12.7. The number of carbonyl (C=O) groups excluding carboxylic acids is 2. The minimum absolute atomic E-state index is 0.0970. The van der Waals surface area contributed by atoms with E-state index < -0.39 is 6.04 Å². The summed E-state index contributed by atoms with van der Waals surface area (Å²) in [6, 6.07) is 26.7. The summed E-state index contributed by atoms with van der Waals surface area (Å²) in [6.45, 7) is 3.30. The van der Waals surface area contributed by atoms with Gasteiger partial charge in [-0.2, -0.15) is 0 Å². The number of carbonyl (C=O) groups is 2. The molecule has 0 bridgehead atoms. The molecule has 0 saturated heterocycles. The predicted octanol–water partition coefficient (Wildman–Crippen LogP) is 4.35. The van der Waals surface area contributed by atoms with Gasteiger partial charge in [-0.25, -0.2) is 0 Å². The highest BCUT2D eigenvalue weighted by Crippen LogP contribution is 2.22. The third kappa shape index (κ3) is 5.77. The van der Waals surface area contributed by atoms with Crippen molar-refractivity contribution < 1.29 is 9.59 Å². The van der Waals surface area contributed by atoms with Crippen molar-refractivity contribution in [1.29, 1.82) is 0 Å². The third-order valence-electron chi connectivity index (χ3n) is 4.55. The second-order valence-corrected chi connectivity index (χ2v) is 6.89. The second kappa shape index (κ2) is 9.66. The van der Waals surface area contributed by atoms with Gasteiger partial charge in [0.1, 0.15) is 0 Å². The van der Waals surface area contributed by atoms with Gasteiger partial charge in [-0.1, -0.05) is 60.7 Å². The van der Waals surface area contributed by atoms with Crippen molar-refractivity contribution in [2.45, 2.75) is 25.9 Å². The average molecular weight is 387 g/mol. The molecule has 5 nitrogen and oxygen atoms in total. The highest BCUT2D eigenvalue weighted by atomic mass is 16.2. The molecule has 0 heterocycles. The van der Waals surface area contributed by atoms with Crippen molar-refractivity contribution >= 4 is 23.2 Å². The first-order valence-corrected chi connectivity index (χ1v) is 9.57. The van der Waals surface area contributed by atoms with Gasteiger partial charge in [-0.05, 0) is 42.3 Å². The minimum Gasteiger partial charge on any atom is -0.326 e. The molecule has 0 spiro atoms. The van der Waals surface area contributed by atoms with Gasteiger partial charge in [0.05, 0.1) is 12.1 Å². The van der Waals surface area contributed by atoms with Gasteiger partial charge in [0.15, 0.2) is 0 Å². The molecule has 0 saturated carbocycles. The lowest BCUT2D eigenvalue weighted by atomic mass is 9.98. The zero-order valence-corrected chi connectivity index (χ0v) is 16.6. The smallest absolute Gasteiger partial charge is 0.241 e. The Kier molecular flexibility index (Phi) is 6.76. The highest BCUT2D eigenvalue weighted by Gasteiger charge is 2.20. The topological polar surface area (TPSA) is 70.2 Å². The van der Waals surface area contributed by atoms with Crippen LogP contribution in [0.25, 0.3) is 0 Å². The van der Waals surface area contributed by atoms with Crippen molar-refractivity contribution in [3.8, 4) is 0 Å². The maximum absolute atomic E-state index is 12.7. The fourth-order valence-corrected chi connectivity index (χ4v) is 3.09. The minimum atomic E-state index is -0.421. The molecule has 0 aromatic heterocycles. The predicted molar refractivity (Wildman–Crippen MR) is 117 cm³/mol. The number of nitrogens with one attached hydrogen (secondary N) is 3. The van der Waals surface area contributed by atoms with Crippen molar-refractivity contribution in [3.63, 3.8) is 0 Å². The van der Waals surface area contributed by atoms with E-state index in [-0.39, 0.29) is 17.9 Å². The Balaban J connectivity index is 1.70. The molecule has 3 N–H and O–H groups in total. The first-order valence-electron chi connectivity index (χ1n) is 9.57. The van der Waals surface area contributed by atoms with E-state index in [0.717, 1.165) is 11.1 Å². The fourth-order valence-electron chi connectivity index (χ4n) is 3.09. The maximum Gasteiger partial charge on any atom is 0.241 e. The van der Waals surface area contributed by atoms with Gasteiger partial charge in [0, 0.05) is 18.3 Å². The molecular formula is C24H25N3O2. The molecule has 0 fully saturated rings. The average Bonchev–Trinajstić information content (AvgIpc) is 2.74. The van der Waals surface area contributed by atoms with Crippen molar-refractivity contribution in [1.82, 2.24) is 5.32 Å². The SMILES string of the molecule is CC(=O)Nc1ccc(NC(=O)[C@@H](C)NC(c2ccccc2)c2ccccc2)cc1. The number of rotatable bonds is 7. The van der Waals surface area contributed by atoms with Crippen LogP contribution in [0.1, 0.15) is 31.0 Å². The van der Waals surface area contributed by atoms with E-state index in [0.29, 0.717) is 11.4 Å².